The van der Waals surface area contributed by atoms with E-state index in [1.54, 1.807) is 37.4 Å². The molecule has 4 rings (SSSR count). The topological polar surface area (TPSA) is 81.2 Å². The molecular formula is C22H16ClFN4O3. The lowest BCUT2D eigenvalue weighted by molar-refractivity contribution is -0.118. The van der Waals surface area contributed by atoms with E-state index in [1.165, 1.54) is 46.0 Å². The highest BCUT2D eigenvalue weighted by Gasteiger charge is 2.15. The van der Waals surface area contributed by atoms with Gasteiger partial charge >= 0.3 is 0 Å². The second kappa shape index (κ2) is 8.53. The van der Waals surface area contributed by atoms with Crippen LogP contribution in [-0.4, -0.2) is 27.7 Å². The number of pyridine rings is 1. The summed E-state index contributed by atoms with van der Waals surface area (Å²) in [5, 5.41) is 4.55. The summed E-state index contributed by atoms with van der Waals surface area (Å²) < 4.78 is 19.7. The van der Waals surface area contributed by atoms with Gasteiger partial charge in [-0.2, -0.15) is 4.98 Å². The molecular weight excluding hydrogens is 423 g/mol. The number of carbonyl (C=O) groups excluding carboxylic acids is 1. The first-order valence-corrected chi connectivity index (χ1v) is 9.61. The molecule has 2 heterocycles. The van der Waals surface area contributed by atoms with Crippen LogP contribution in [0, 0.1) is 5.82 Å². The van der Waals surface area contributed by atoms with Gasteiger partial charge in [-0.25, -0.2) is 4.39 Å². The summed E-state index contributed by atoms with van der Waals surface area (Å²) in [6.45, 7) is -0.210. The lowest BCUT2D eigenvalue weighted by Gasteiger charge is -2.18. The van der Waals surface area contributed by atoms with Crippen LogP contribution < -0.4 is 10.5 Å². The maximum Gasteiger partial charge on any atom is 0.259 e. The first kappa shape index (κ1) is 20.5. The highest BCUT2D eigenvalue weighted by atomic mass is 35.5. The van der Waals surface area contributed by atoms with Gasteiger partial charge in [-0.15, -0.1) is 0 Å². The van der Waals surface area contributed by atoms with Gasteiger partial charge in [0.15, 0.2) is 0 Å². The molecule has 0 radical (unpaired) electrons. The number of halogens is 2. The van der Waals surface area contributed by atoms with E-state index < -0.39 is 5.82 Å². The second-order valence-corrected chi connectivity index (χ2v) is 7.18. The predicted molar refractivity (Wildman–Crippen MR) is 114 cm³/mol. The minimum absolute atomic E-state index is 0.207. The highest BCUT2D eigenvalue weighted by molar-refractivity contribution is 6.30. The fourth-order valence-corrected chi connectivity index (χ4v) is 3.02. The lowest BCUT2D eigenvalue weighted by atomic mass is 10.2. The van der Waals surface area contributed by atoms with Gasteiger partial charge in [0, 0.05) is 35.6 Å². The minimum atomic E-state index is -0.397. The number of hydrogen-bond acceptors (Lipinski definition) is 5. The van der Waals surface area contributed by atoms with Crippen molar-refractivity contribution in [1.29, 1.82) is 0 Å². The Kier molecular flexibility index (Phi) is 5.64. The molecule has 0 bridgehead atoms. The van der Waals surface area contributed by atoms with Gasteiger partial charge < -0.3 is 14.0 Å². The van der Waals surface area contributed by atoms with Gasteiger partial charge in [0.1, 0.15) is 12.4 Å². The van der Waals surface area contributed by atoms with Crippen molar-refractivity contribution in [2.75, 3.05) is 11.9 Å². The Morgan fingerprint density at radius 1 is 1.06 bits per heavy atom. The maximum atomic E-state index is 13.1. The lowest BCUT2D eigenvalue weighted by Crippen LogP contribution is -2.33. The van der Waals surface area contributed by atoms with E-state index in [2.05, 4.69) is 10.1 Å². The fraction of sp³-hybridized carbons (Fsp3) is 0.0909. The number of hydrogen-bond donors (Lipinski definition) is 0. The van der Waals surface area contributed by atoms with Gasteiger partial charge in [-0.1, -0.05) is 16.8 Å². The monoisotopic (exact) mass is 438 g/mol. The van der Waals surface area contributed by atoms with Crippen LogP contribution in [0.4, 0.5) is 10.1 Å². The van der Waals surface area contributed by atoms with Crippen molar-refractivity contribution in [3.8, 4) is 22.8 Å². The standard InChI is InChI=1S/C22H16ClFN4O3/c1-27(18-9-7-17(24)8-10-18)20(30)13-28-12-15(4-11-19(28)29)22-25-21(26-31-22)14-2-5-16(23)6-3-14/h2-12H,13H2,1H3. The summed E-state index contributed by atoms with van der Waals surface area (Å²) in [4.78, 5) is 30.6. The molecule has 2 aromatic carbocycles. The van der Waals surface area contributed by atoms with Crippen molar-refractivity contribution in [3.05, 3.63) is 88.1 Å². The van der Waals surface area contributed by atoms with Crippen LogP contribution in [-0.2, 0) is 11.3 Å². The number of anilines is 1. The number of aromatic nitrogens is 3. The molecule has 156 valence electrons. The summed E-state index contributed by atoms with van der Waals surface area (Å²) in [5.74, 6) is -0.168. The zero-order valence-electron chi connectivity index (χ0n) is 16.3. The smallest absolute Gasteiger partial charge is 0.259 e. The van der Waals surface area contributed by atoms with E-state index in [9.17, 15) is 14.0 Å². The Morgan fingerprint density at radius 3 is 2.45 bits per heavy atom. The van der Waals surface area contributed by atoms with Gasteiger partial charge in [0.25, 0.3) is 11.4 Å². The number of rotatable bonds is 5. The number of carbonyl (C=O) groups is 1. The molecule has 0 N–H and O–H groups in total. The van der Waals surface area contributed by atoms with E-state index in [-0.39, 0.29) is 23.9 Å². The molecule has 0 saturated heterocycles. The van der Waals surface area contributed by atoms with Crippen LogP contribution in [0.5, 0.6) is 0 Å². The van der Waals surface area contributed by atoms with Crippen molar-refractivity contribution in [2.45, 2.75) is 6.54 Å². The molecule has 0 fully saturated rings. The molecule has 31 heavy (non-hydrogen) atoms. The maximum absolute atomic E-state index is 13.1. The third-order valence-electron chi connectivity index (χ3n) is 4.65. The molecule has 0 aliphatic carbocycles. The van der Waals surface area contributed by atoms with Crippen LogP contribution in [0.25, 0.3) is 22.8 Å². The molecule has 0 atom stereocenters. The van der Waals surface area contributed by atoms with Crippen LogP contribution in [0.1, 0.15) is 0 Å². The van der Waals surface area contributed by atoms with Crippen molar-refractivity contribution in [3.63, 3.8) is 0 Å². The van der Waals surface area contributed by atoms with E-state index in [0.29, 0.717) is 22.1 Å². The van der Waals surface area contributed by atoms with Gasteiger partial charge in [-0.3, -0.25) is 9.59 Å². The third kappa shape index (κ3) is 4.54. The van der Waals surface area contributed by atoms with Crippen LogP contribution >= 0.6 is 11.6 Å². The van der Waals surface area contributed by atoms with Crippen molar-refractivity contribution in [2.24, 2.45) is 0 Å². The van der Waals surface area contributed by atoms with Gasteiger partial charge in [0.2, 0.25) is 11.7 Å². The first-order chi connectivity index (χ1) is 14.9. The summed E-state index contributed by atoms with van der Waals surface area (Å²) in [6.07, 6.45) is 1.48. The number of benzene rings is 2. The van der Waals surface area contributed by atoms with E-state index in [1.807, 2.05) is 0 Å². The zero-order valence-corrected chi connectivity index (χ0v) is 17.1. The van der Waals surface area contributed by atoms with Crippen LogP contribution in [0.3, 0.4) is 0 Å². The summed E-state index contributed by atoms with van der Waals surface area (Å²) >= 11 is 5.90. The van der Waals surface area contributed by atoms with Gasteiger partial charge in [-0.05, 0) is 54.6 Å². The number of likely N-dealkylation sites (N-methyl/N-ethyl adjacent to an activating group) is 1. The SMILES string of the molecule is CN(C(=O)Cn1cc(-c2nc(-c3ccc(Cl)cc3)no2)ccc1=O)c1ccc(F)cc1. The molecule has 2 aromatic heterocycles. The minimum Gasteiger partial charge on any atom is -0.334 e. The normalized spacial score (nSPS) is 10.8. The molecule has 7 nitrogen and oxygen atoms in total. The number of nitrogens with zero attached hydrogens (tertiary/aromatic N) is 4. The van der Waals surface area contributed by atoms with Crippen LogP contribution in [0.2, 0.25) is 5.02 Å². The van der Waals surface area contributed by atoms with E-state index >= 15 is 0 Å². The zero-order chi connectivity index (χ0) is 22.0. The third-order valence-corrected chi connectivity index (χ3v) is 4.90. The van der Waals surface area contributed by atoms with Gasteiger partial charge in [0.05, 0.1) is 5.56 Å². The predicted octanol–water partition coefficient (Wildman–Crippen LogP) is 4.02. The van der Waals surface area contributed by atoms with Crippen molar-refractivity contribution >= 4 is 23.2 Å². The Labute approximate surface area is 181 Å². The molecule has 0 aliphatic rings. The summed E-state index contributed by atoms with van der Waals surface area (Å²) in [7, 11) is 1.56. The van der Waals surface area contributed by atoms with Crippen LogP contribution in [0.15, 0.2) is 76.2 Å². The van der Waals surface area contributed by atoms with Crippen molar-refractivity contribution in [1.82, 2.24) is 14.7 Å². The average molecular weight is 439 g/mol. The summed E-state index contributed by atoms with van der Waals surface area (Å²) in [5.41, 5.74) is 1.37. The summed E-state index contributed by atoms with van der Waals surface area (Å²) in [6, 6.07) is 15.3. The Hall–Kier alpha value is -3.78. The molecule has 0 spiro atoms. The Balaban J connectivity index is 1.56. The molecule has 0 aliphatic heterocycles. The molecule has 1 amide bonds. The van der Waals surface area contributed by atoms with Crippen molar-refractivity contribution < 1.29 is 13.7 Å². The molecule has 0 saturated carbocycles. The average Bonchev–Trinajstić information content (AvgIpc) is 3.26. The molecule has 4 aromatic rings. The second-order valence-electron chi connectivity index (χ2n) is 6.74. The molecule has 9 heteroatoms. The largest absolute Gasteiger partial charge is 0.334 e. The number of amides is 1. The molecule has 0 unspecified atom stereocenters. The van der Waals surface area contributed by atoms with E-state index in [4.69, 9.17) is 16.1 Å². The fourth-order valence-electron chi connectivity index (χ4n) is 2.90. The highest BCUT2D eigenvalue weighted by Crippen LogP contribution is 2.23. The first-order valence-electron chi connectivity index (χ1n) is 9.23. The van der Waals surface area contributed by atoms with E-state index in [0.717, 1.165) is 5.56 Å². The quantitative estimate of drug-likeness (QED) is 0.470. The Bertz CT molecular complexity index is 1280. The Morgan fingerprint density at radius 2 is 1.74 bits per heavy atom.